The summed E-state index contributed by atoms with van der Waals surface area (Å²) in [6.07, 6.45) is 3.58. The van der Waals surface area contributed by atoms with Crippen molar-refractivity contribution >= 4 is 11.9 Å². The van der Waals surface area contributed by atoms with Gasteiger partial charge in [-0.15, -0.1) is 0 Å². The molecule has 34 heavy (non-hydrogen) atoms. The molecule has 0 bridgehead atoms. The molecule has 2 aromatic rings. The highest BCUT2D eigenvalue weighted by Gasteiger charge is 2.36. The number of aromatic nitrogens is 1. The first kappa shape index (κ1) is 24.1. The van der Waals surface area contributed by atoms with E-state index >= 15 is 0 Å². The molecular weight excluding hydrogens is 438 g/mol. The topological polar surface area (TPSA) is 94.2 Å². The molecule has 2 aliphatic heterocycles. The number of furan rings is 1. The summed E-state index contributed by atoms with van der Waals surface area (Å²) in [6.45, 7) is 4.93. The molecule has 0 aromatic carbocycles. The van der Waals surface area contributed by atoms with E-state index in [1.54, 1.807) is 9.47 Å². The SMILES string of the molecule is CCc1ccc(CN2CCc3c(C(=O)N4CCCC[C@@H]4C(=O)OC)c(OC)cc(=O)n3CC2)o1. The second-order valence-corrected chi connectivity index (χ2v) is 8.81. The Morgan fingerprint density at radius 3 is 2.59 bits per heavy atom. The van der Waals surface area contributed by atoms with Crippen LogP contribution < -0.4 is 10.3 Å². The minimum absolute atomic E-state index is 0.195. The number of nitrogens with zero attached hydrogens (tertiary/aromatic N) is 3. The van der Waals surface area contributed by atoms with Crippen molar-refractivity contribution in [1.82, 2.24) is 14.4 Å². The van der Waals surface area contributed by atoms with Crippen LogP contribution in [0.3, 0.4) is 0 Å². The first-order chi connectivity index (χ1) is 16.5. The number of methoxy groups -OCH3 is 2. The maximum atomic E-state index is 13.8. The molecule has 4 heterocycles. The van der Waals surface area contributed by atoms with Gasteiger partial charge in [-0.2, -0.15) is 0 Å². The van der Waals surface area contributed by atoms with Crippen LogP contribution in [0.25, 0.3) is 0 Å². The van der Waals surface area contributed by atoms with Crippen LogP contribution >= 0.6 is 0 Å². The Morgan fingerprint density at radius 2 is 1.88 bits per heavy atom. The van der Waals surface area contributed by atoms with E-state index in [0.717, 1.165) is 30.8 Å². The number of likely N-dealkylation sites (tertiary alicyclic amines) is 1. The van der Waals surface area contributed by atoms with Gasteiger partial charge in [-0.1, -0.05) is 6.92 Å². The van der Waals surface area contributed by atoms with Gasteiger partial charge in [-0.25, -0.2) is 4.79 Å². The fourth-order valence-electron chi connectivity index (χ4n) is 4.96. The van der Waals surface area contributed by atoms with Gasteiger partial charge in [-0.3, -0.25) is 14.5 Å². The maximum absolute atomic E-state index is 13.8. The number of ether oxygens (including phenoxy) is 2. The van der Waals surface area contributed by atoms with E-state index in [2.05, 4.69) is 11.8 Å². The third-order valence-corrected chi connectivity index (χ3v) is 6.80. The minimum Gasteiger partial charge on any atom is -0.496 e. The highest BCUT2D eigenvalue weighted by molar-refractivity contribution is 6.00. The predicted octanol–water partition coefficient (Wildman–Crippen LogP) is 2.24. The molecule has 0 radical (unpaired) electrons. The zero-order valence-corrected chi connectivity index (χ0v) is 20.2. The summed E-state index contributed by atoms with van der Waals surface area (Å²) in [6, 6.07) is 4.73. The van der Waals surface area contributed by atoms with Crippen molar-refractivity contribution in [3.05, 3.63) is 51.3 Å². The average molecular weight is 472 g/mol. The molecule has 4 rings (SSSR count). The van der Waals surface area contributed by atoms with Gasteiger partial charge in [0, 0.05) is 50.8 Å². The predicted molar refractivity (Wildman–Crippen MR) is 125 cm³/mol. The van der Waals surface area contributed by atoms with Gasteiger partial charge < -0.3 is 23.4 Å². The van der Waals surface area contributed by atoms with Crippen LogP contribution in [0.4, 0.5) is 0 Å². The number of carbonyl (C=O) groups is 2. The Hall–Kier alpha value is -3.07. The van der Waals surface area contributed by atoms with Gasteiger partial charge in [-0.05, 0) is 31.4 Å². The average Bonchev–Trinajstić information content (AvgIpc) is 3.21. The summed E-state index contributed by atoms with van der Waals surface area (Å²) >= 11 is 0. The van der Waals surface area contributed by atoms with Crippen molar-refractivity contribution in [3.8, 4) is 5.75 Å². The Labute approximate surface area is 199 Å². The lowest BCUT2D eigenvalue weighted by atomic mass is 9.99. The van der Waals surface area contributed by atoms with E-state index in [1.807, 2.05) is 12.1 Å². The fourth-order valence-corrected chi connectivity index (χ4v) is 4.96. The molecule has 0 N–H and O–H groups in total. The summed E-state index contributed by atoms with van der Waals surface area (Å²) < 4.78 is 18.0. The molecule has 2 aliphatic rings. The summed E-state index contributed by atoms with van der Waals surface area (Å²) in [7, 11) is 2.80. The van der Waals surface area contributed by atoms with Crippen LogP contribution in [-0.4, -0.2) is 66.1 Å². The number of hydrogen-bond acceptors (Lipinski definition) is 7. The lowest BCUT2D eigenvalue weighted by Gasteiger charge is -2.34. The number of carbonyl (C=O) groups excluding carboxylic acids is 2. The standard InChI is InChI=1S/C25H33N3O6/c1-4-17-8-9-18(34-17)16-26-12-10-19-23(21(32-2)15-22(29)27(19)14-13-26)24(30)28-11-6-5-7-20(28)25(31)33-3/h8-9,15,20H,4-7,10-14,16H2,1-3H3/t20-/m1/s1. The van der Waals surface area contributed by atoms with Crippen LogP contribution in [0.15, 0.2) is 27.4 Å². The number of rotatable bonds is 6. The molecule has 0 aliphatic carbocycles. The number of pyridine rings is 1. The number of hydrogen-bond donors (Lipinski definition) is 0. The second kappa shape index (κ2) is 10.5. The second-order valence-electron chi connectivity index (χ2n) is 8.81. The van der Waals surface area contributed by atoms with E-state index in [9.17, 15) is 14.4 Å². The molecule has 1 fully saturated rings. The first-order valence-corrected chi connectivity index (χ1v) is 12.0. The molecule has 1 atom stereocenters. The maximum Gasteiger partial charge on any atom is 0.328 e. The molecule has 184 valence electrons. The van der Waals surface area contributed by atoms with Crippen LogP contribution in [0.1, 0.15) is 53.8 Å². The normalized spacial score (nSPS) is 18.8. The van der Waals surface area contributed by atoms with Crippen LogP contribution in [0.5, 0.6) is 5.75 Å². The lowest BCUT2D eigenvalue weighted by molar-refractivity contribution is -0.147. The van der Waals surface area contributed by atoms with Crippen LogP contribution in [0, 0.1) is 0 Å². The third-order valence-electron chi connectivity index (χ3n) is 6.80. The highest BCUT2D eigenvalue weighted by atomic mass is 16.5. The third kappa shape index (κ3) is 4.75. The van der Waals surface area contributed by atoms with Crippen molar-refractivity contribution in [2.75, 3.05) is 33.9 Å². The van der Waals surface area contributed by atoms with E-state index in [4.69, 9.17) is 13.9 Å². The van der Waals surface area contributed by atoms with Gasteiger partial charge in [0.25, 0.3) is 11.5 Å². The molecule has 9 nitrogen and oxygen atoms in total. The monoisotopic (exact) mass is 471 g/mol. The van der Waals surface area contributed by atoms with Gasteiger partial charge in [0.2, 0.25) is 0 Å². The summed E-state index contributed by atoms with van der Waals surface area (Å²) in [5, 5.41) is 0. The number of amides is 1. The Kier molecular flexibility index (Phi) is 7.41. The summed E-state index contributed by atoms with van der Waals surface area (Å²) in [5.41, 5.74) is 0.824. The van der Waals surface area contributed by atoms with Gasteiger partial charge in [0.1, 0.15) is 28.9 Å². The van der Waals surface area contributed by atoms with Gasteiger partial charge in [0.15, 0.2) is 0 Å². The van der Waals surface area contributed by atoms with Crippen LogP contribution in [0.2, 0.25) is 0 Å². The smallest absolute Gasteiger partial charge is 0.328 e. The first-order valence-electron chi connectivity index (χ1n) is 12.0. The van der Waals surface area contributed by atoms with Gasteiger partial charge >= 0.3 is 5.97 Å². The van der Waals surface area contributed by atoms with E-state index < -0.39 is 12.0 Å². The number of esters is 1. The minimum atomic E-state index is -0.627. The molecule has 0 spiro atoms. The van der Waals surface area contributed by atoms with Gasteiger partial charge in [0.05, 0.1) is 20.8 Å². The number of piperidine rings is 1. The number of fused-ring (bicyclic) bond motifs is 1. The number of aryl methyl sites for hydroxylation is 1. The largest absolute Gasteiger partial charge is 0.496 e. The molecule has 1 saturated heterocycles. The Bertz CT molecular complexity index is 1100. The zero-order valence-electron chi connectivity index (χ0n) is 20.2. The fraction of sp³-hybridized carbons (Fsp3) is 0.560. The van der Waals surface area contributed by atoms with Crippen molar-refractivity contribution in [2.45, 2.75) is 58.2 Å². The van der Waals surface area contributed by atoms with Crippen molar-refractivity contribution in [3.63, 3.8) is 0 Å². The molecule has 2 aromatic heterocycles. The summed E-state index contributed by atoms with van der Waals surface area (Å²) in [5.74, 6) is 1.38. The van der Waals surface area contributed by atoms with E-state index in [1.165, 1.54) is 20.3 Å². The Morgan fingerprint density at radius 1 is 1.09 bits per heavy atom. The van der Waals surface area contributed by atoms with E-state index in [0.29, 0.717) is 56.8 Å². The van der Waals surface area contributed by atoms with Crippen LogP contribution in [-0.2, 0) is 35.5 Å². The summed E-state index contributed by atoms with van der Waals surface area (Å²) in [4.78, 5) is 42.9. The highest BCUT2D eigenvalue weighted by Crippen LogP contribution is 2.28. The quantitative estimate of drug-likeness (QED) is 0.597. The lowest BCUT2D eigenvalue weighted by Crippen LogP contribution is -2.49. The molecule has 1 amide bonds. The molecule has 0 saturated carbocycles. The molecule has 0 unspecified atom stereocenters. The zero-order chi connectivity index (χ0) is 24.2. The molecule has 9 heteroatoms. The molecular formula is C25H33N3O6. The van der Waals surface area contributed by atoms with Crippen molar-refractivity contribution in [2.24, 2.45) is 0 Å². The van der Waals surface area contributed by atoms with Crippen molar-refractivity contribution < 1.29 is 23.5 Å². The van der Waals surface area contributed by atoms with E-state index in [-0.39, 0.29) is 17.2 Å². The van der Waals surface area contributed by atoms with Crippen molar-refractivity contribution in [1.29, 1.82) is 0 Å². The Balaban J connectivity index is 1.64.